The molecule has 4 rings (SSSR count). The minimum atomic E-state index is -9.77. The van der Waals surface area contributed by atoms with Gasteiger partial charge in [0.15, 0.2) is 5.01 Å². The van der Waals surface area contributed by atoms with Gasteiger partial charge in [-0.25, -0.2) is 4.98 Å². The number of hydrogen-bond acceptors (Lipinski definition) is 6. The molecule has 0 saturated carbocycles. The van der Waals surface area contributed by atoms with Gasteiger partial charge in [-0.2, -0.15) is 0 Å². The minimum absolute atomic E-state index is 0.0524. The van der Waals surface area contributed by atoms with Crippen molar-refractivity contribution in [1.29, 1.82) is 0 Å². The van der Waals surface area contributed by atoms with Crippen LogP contribution < -0.4 is 10.1 Å². The number of unbranched alkanes of at least 4 members (excludes halogenated alkanes) is 1. The molecule has 0 aliphatic heterocycles. The fourth-order valence-corrected chi connectivity index (χ4v) is 4.67. The van der Waals surface area contributed by atoms with Crippen molar-refractivity contribution in [3.05, 3.63) is 82.6 Å². The fourth-order valence-electron chi connectivity index (χ4n) is 3.32. The van der Waals surface area contributed by atoms with Crippen molar-refractivity contribution in [2.24, 2.45) is 0 Å². The number of anilines is 1. The molecule has 37 heavy (non-hydrogen) atoms. The number of nitrogens with one attached hydrogen (secondary N) is 1. The molecule has 0 atom stereocenters. The van der Waals surface area contributed by atoms with E-state index in [-0.39, 0.29) is 29.4 Å². The molecule has 0 saturated heterocycles. The molecule has 0 spiro atoms. The van der Waals surface area contributed by atoms with E-state index in [1.807, 2.05) is 30.5 Å². The molecule has 2 heterocycles. The van der Waals surface area contributed by atoms with Gasteiger partial charge in [0.1, 0.15) is 17.3 Å². The maximum Gasteiger partial charge on any atom is 0.310 e. The minimum Gasteiger partial charge on any atom is -0.487 e. The first-order valence-electron chi connectivity index (χ1n) is 11.0. The third kappa shape index (κ3) is 7.73. The average Bonchev–Trinajstić information content (AvgIpc) is 3.52. The van der Waals surface area contributed by atoms with E-state index in [0.29, 0.717) is 11.4 Å². The fraction of sp³-hybridized carbons (Fsp3) is 0.217. The Balaban J connectivity index is 1.24. The van der Waals surface area contributed by atoms with E-state index >= 15 is 0 Å². The molecule has 4 aromatic rings. The Bertz CT molecular complexity index is 1340. The molecule has 7 nitrogen and oxygen atoms in total. The Morgan fingerprint density at radius 1 is 1.00 bits per heavy atom. The standard InChI is InChI=1S/C23H22F5N5O2S2/c24-37(25,26,27,28)21-10-6-18(7-11-21)30-22(34)23-31-19(16-36-23)15-35-20-8-4-17(5-9-20)3-1-2-13-33-14-12-29-32-33/h4-12,14,16H,1-3,13,15H2,(H,30,34). The highest BCUT2D eigenvalue weighted by molar-refractivity contribution is 8.45. The summed E-state index contributed by atoms with van der Waals surface area (Å²) < 4.78 is 71.6. The summed E-state index contributed by atoms with van der Waals surface area (Å²) in [5, 5.41) is 11.7. The van der Waals surface area contributed by atoms with Gasteiger partial charge in [0.25, 0.3) is 5.91 Å². The SMILES string of the molecule is O=C(Nc1ccc(S(F)(F)(F)(F)F)cc1)c1nc(COc2ccc(CCCCn3ccnn3)cc2)cs1. The van der Waals surface area contributed by atoms with Gasteiger partial charge in [0.2, 0.25) is 0 Å². The normalized spacial score (nSPS) is 13.5. The number of amides is 1. The first-order valence-corrected chi connectivity index (χ1v) is 13.8. The zero-order valence-electron chi connectivity index (χ0n) is 19.2. The molecule has 1 amide bonds. The van der Waals surface area contributed by atoms with E-state index in [2.05, 4.69) is 20.6 Å². The van der Waals surface area contributed by atoms with Crippen molar-refractivity contribution < 1.29 is 29.0 Å². The molecular formula is C23H22F5N5O2S2. The van der Waals surface area contributed by atoms with E-state index in [4.69, 9.17) is 4.74 Å². The van der Waals surface area contributed by atoms with Gasteiger partial charge in [-0.3, -0.25) is 9.48 Å². The first-order chi connectivity index (χ1) is 17.4. The van der Waals surface area contributed by atoms with Crippen molar-refractivity contribution in [2.75, 3.05) is 5.32 Å². The predicted octanol–water partition coefficient (Wildman–Crippen LogP) is 7.25. The Morgan fingerprint density at radius 3 is 2.38 bits per heavy atom. The third-order valence-electron chi connectivity index (χ3n) is 5.19. The van der Waals surface area contributed by atoms with Crippen LogP contribution in [0.5, 0.6) is 5.75 Å². The van der Waals surface area contributed by atoms with E-state index in [1.165, 1.54) is 5.56 Å². The maximum absolute atomic E-state index is 12.8. The monoisotopic (exact) mass is 559 g/mol. The zero-order valence-corrected chi connectivity index (χ0v) is 20.8. The molecule has 2 aromatic carbocycles. The van der Waals surface area contributed by atoms with Crippen LogP contribution in [0.25, 0.3) is 0 Å². The Labute approximate surface area is 213 Å². The van der Waals surface area contributed by atoms with Gasteiger partial charge in [0.05, 0.1) is 11.9 Å². The molecule has 0 unspecified atom stereocenters. The topological polar surface area (TPSA) is 81.9 Å². The number of hydrogen-bond donors (Lipinski definition) is 1. The second-order valence-corrected chi connectivity index (χ2v) is 11.4. The molecule has 0 aliphatic carbocycles. The molecule has 0 aliphatic rings. The summed E-state index contributed by atoms with van der Waals surface area (Å²) in [6.45, 7) is 0.929. The number of carbonyl (C=O) groups is 1. The van der Waals surface area contributed by atoms with Crippen molar-refractivity contribution in [3.8, 4) is 5.75 Å². The van der Waals surface area contributed by atoms with Crippen LogP contribution in [-0.2, 0) is 19.6 Å². The number of aryl methyl sites for hydroxylation is 2. The molecular weight excluding hydrogens is 537 g/mol. The van der Waals surface area contributed by atoms with Gasteiger partial charge in [-0.15, -0.1) is 16.4 Å². The van der Waals surface area contributed by atoms with Crippen LogP contribution in [0.3, 0.4) is 0 Å². The molecule has 198 valence electrons. The lowest BCUT2D eigenvalue weighted by Gasteiger charge is -2.40. The molecule has 0 radical (unpaired) electrons. The highest BCUT2D eigenvalue weighted by Crippen LogP contribution is 3.02. The molecule has 1 N–H and O–H groups in total. The van der Waals surface area contributed by atoms with Crippen molar-refractivity contribution in [1.82, 2.24) is 20.0 Å². The first kappa shape index (κ1) is 26.5. The second-order valence-electron chi connectivity index (χ2n) is 8.15. The summed E-state index contributed by atoms with van der Waals surface area (Å²) in [6.07, 6.45) is 6.39. The van der Waals surface area contributed by atoms with Crippen LogP contribution in [0.1, 0.15) is 33.9 Å². The van der Waals surface area contributed by atoms with Crippen molar-refractivity contribution in [2.45, 2.75) is 37.3 Å². The number of nitrogens with zero attached hydrogens (tertiary/aromatic N) is 4. The number of thiazole rings is 1. The number of ether oxygens (including phenoxy) is 1. The number of halogens is 5. The number of rotatable bonds is 11. The second kappa shape index (κ2) is 9.74. The lowest BCUT2D eigenvalue weighted by molar-refractivity contribution is 0.102. The number of benzene rings is 2. The van der Waals surface area contributed by atoms with Crippen LogP contribution in [0, 0.1) is 0 Å². The van der Waals surface area contributed by atoms with Gasteiger partial charge in [-0.1, -0.05) is 36.8 Å². The Kier molecular flexibility index (Phi) is 6.99. The van der Waals surface area contributed by atoms with Crippen LogP contribution >= 0.6 is 21.6 Å². The smallest absolute Gasteiger partial charge is 0.310 e. The van der Waals surface area contributed by atoms with Crippen LogP contribution in [0.15, 0.2) is 71.2 Å². The lowest BCUT2D eigenvalue weighted by atomic mass is 10.1. The Morgan fingerprint density at radius 2 is 1.73 bits per heavy atom. The summed E-state index contributed by atoms with van der Waals surface area (Å²) in [5.74, 6) is -0.0427. The van der Waals surface area contributed by atoms with Crippen molar-refractivity contribution in [3.63, 3.8) is 0 Å². The third-order valence-corrected chi connectivity index (χ3v) is 7.24. The predicted molar refractivity (Wildman–Crippen MR) is 132 cm³/mol. The van der Waals surface area contributed by atoms with Gasteiger partial charge in [-0.05, 0) is 61.2 Å². The van der Waals surface area contributed by atoms with Gasteiger partial charge < -0.3 is 10.1 Å². The maximum atomic E-state index is 12.8. The Hall–Kier alpha value is -3.52. The van der Waals surface area contributed by atoms with E-state index in [9.17, 15) is 24.2 Å². The van der Waals surface area contributed by atoms with Crippen molar-refractivity contribution >= 4 is 33.2 Å². The molecule has 2 aromatic heterocycles. The quantitative estimate of drug-likeness (QED) is 0.155. The van der Waals surface area contributed by atoms with Crippen LogP contribution in [0.4, 0.5) is 25.1 Å². The number of carbonyl (C=O) groups excluding carboxylic acids is 1. The summed E-state index contributed by atoms with van der Waals surface area (Å²) >= 11 is 1.02. The average molecular weight is 560 g/mol. The van der Waals surface area contributed by atoms with Gasteiger partial charge in [0, 0.05) is 23.8 Å². The molecule has 14 heteroatoms. The highest BCUT2D eigenvalue weighted by Gasteiger charge is 2.65. The summed E-state index contributed by atoms with van der Waals surface area (Å²) in [5.41, 5.74) is 1.60. The summed E-state index contributed by atoms with van der Waals surface area (Å²) in [4.78, 5) is 14.5. The van der Waals surface area contributed by atoms with Gasteiger partial charge >= 0.3 is 10.2 Å². The largest absolute Gasteiger partial charge is 0.487 e. The van der Waals surface area contributed by atoms with E-state index < -0.39 is 21.0 Å². The van der Waals surface area contributed by atoms with Crippen LogP contribution in [0.2, 0.25) is 0 Å². The highest BCUT2D eigenvalue weighted by atomic mass is 32.5. The molecule has 0 fully saturated rings. The van der Waals surface area contributed by atoms with E-state index in [1.54, 1.807) is 16.3 Å². The molecule has 0 bridgehead atoms. The summed E-state index contributed by atoms with van der Waals surface area (Å²) in [7, 11) is -9.77. The summed E-state index contributed by atoms with van der Waals surface area (Å²) in [6, 6.07) is 9.67. The zero-order chi connectivity index (χ0) is 26.6. The van der Waals surface area contributed by atoms with E-state index in [0.717, 1.165) is 49.3 Å². The van der Waals surface area contributed by atoms with Crippen LogP contribution in [-0.4, -0.2) is 25.9 Å². The lowest BCUT2D eigenvalue weighted by Crippen LogP contribution is -2.12. The number of aromatic nitrogens is 4.